The zero-order chi connectivity index (χ0) is 20.9. The number of nitrogens with one attached hydrogen (secondary N) is 1. The van der Waals surface area contributed by atoms with E-state index in [1.54, 1.807) is 12.1 Å². The van der Waals surface area contributed by atoms with Crippen molar-refractivity contribution in [2.24, 2.45) is 0 Å². The van der Waals surface area contributed by atoms with Crippen LogP contribution in [0.1, 0.15) is 46.4 Å². The Labute approximate surface area is 170 Å². The Morgan fingerprint density at radius 1 is 0.862 bits per heavy atom. The maximum atomic E-state index is 12.8. The lowest BCUT2D eigenvalue weighted by atomic mass is 10.1. The van der Waals surface area contributed by atoms with Crippen LogP contribution in [0.5, 0.6) is 0 Å². The molecule has 1 saturated heterocycles. The van der Waals surface area contributed by atoms with Gasteiger partial charge in [0.15, 0.2) is 0 Å². The van der Waals surface area contributed by atoms with Gasteiger partial charge in [-0.25, -0.2) is 13.2 Å². The van der Waals surface area contributed by atoms with Gasteiger partial charge in [0, 0.05) is 24.3 Å². The third-order valence-electron chi connectivity index (χ3n) is 4.88. The highest BCUT2D eigenvalue weighted by atomic mass is 32.2. The van der Waals surface area contributed by atoms with Crippen LogP contribution in [0.4, 0.5) is 5.69 Å². The molecule has 0 unspecified atom stereocenters. The average Bonchev–Trinajstić information content (AvgIpc) is 3.04. The first-order valence-corrected chi connectivity index (χ1v) is 11.0. The fraction of sp³-hybridized carbons (Fsp3) is 0.333. The monoisotopic (exact) mass is 416 g/mol. The van der Waals surface area contributed by atoms with Crippen LogP contribution in [0.25, 0.3) is 0 Å². The Morgan fingerprint density at radius 3 is 1.97 bits per heavy atom. The van der Waals surface area contributed by atoms with E-state index in [1.165, 1.54) is 47.8 Å². The van der Waals surface area contributed by atoms with Crippen LogP contribution in [0.2, 0.25) is 0 Å². The van der Waals surface area contributed by atoms with E-state index in [4.69, 9.17) is 0 Å². The van der Waals surface area contributed by atoms with Gasteiger partial charge >= 0.3 is 5.97 Å². The molecule has 2 aromatic carbocycles. The molecule has 7 nitrogen and oxygen atoms in total. The number of hydrogen-bond acceptors (Lipinski definition) is 5. The Bertz CT molecular complexity index is 961. The minimum atomic E-state index is -3.52. The molecule has 0 saturated carbocycles. The summed E-state index contributed by atoms with van der Waals surface area (Å²) in [4.78, 5) is 24.1. The van der Waals surface area contributed by atoms with E-state index in [-0.39, 0.29) is 10.8 Å². The summed E-state index contributed by atoms with van der Waals surface area (Å²) in [6, 6.07) is 12.2. The molecular weight excluding hydrogens is 392 g/mol. The smallest absolute Gasteiger partial charge is 0.337 e. The summed E-state index contributed by atoms with van der Waals surface area (Å²) in [5.41, 5.74) is 1.22. The predicted molar refractivity (Wildman–Crippen MR) is 109 cm³/mol. The molecule has 3 rings (SSSR count). The normalized spacial score (nSPS) is 15.3. The Morgan fingerprint density at radius 2 is 1.41 bits per heavy atom. The lowest BCUT2D eigenvalue weighted by molar-refractivity contribution is 0.0600. The molecule has 29 heavy (non-hydrogen) atoms. The van der Waals surface area contributed by atoms with Crippen LogP contribution in [-0.2, 0) is 14.8 Å². The molecule has 1 heterocycles. The van der Waals surface area contributed by atoms with Crippen molar-refractivity contribution < 1.29 is 22.7 Å². The summed E-state index contributed by atoms with van der Waals surface area (Å²) in [7, 11) is -2.23. The Hall–Kier alpha value is -2.71. The van der Waals surface area contributed by atoms with Gasteiger partial charge < -0.3 is 10.1 Å². The van der Waals surface area contributed by atoms with Gasteiger partial charge in [-0.05, 0) is 61.4 Å². The van der Waals surface area contributed by atoms with Crippen LogP contribution in [0.3, 0.4) is 0 Å². The first-order valence-electron chi connectivity index (χ1n) is 9.52. The second kappa shape index (κ2) is 9.19. The second-order valence-corrected chi connectivity index (χ2v) is 8.80. The predicted octanol–water partition coefficient (Wildman–Crippen LogP) is 3.29. The number of rotatable bonds is 5. The number of benzene rings is 2. The Balaban J connectivity index is 1.68. The number of amides is 1. The molecule has 2 aromatic rings. The number of sulfonamides is 1. The molecule has 0 aromatic heterocycles. The van der Waals surface area contributed by atoms with Gasteiger partial charge in [0.2, 0.25) is 10.0 Å². The number of nitrogens with zero attached hydrogens (tertiary/aromatic N) is 1. The number of esters is 1. The van der Waals surface area contributed by atoms with Crippen molar-refractivity contribution in [3.63, 3.8) is 0 Å². The molecule has 8 heteroatoms. The molecule has 0 radical (unpaired) electrons. The molecule has 0 bridgehead atoms. The highest BCUT2D eigenvalue weighted by molar-refractivity contribution is 7.89. The zero-order valence-corrected chi connectivity index (χ0v) is 17.1. The maximum Gasteiger partial charge on any atom is 0.337 e. The highest BCUT2D eigenvalue weighted by Gasteiger charge is 2.25. The molecule has 0 aliphatic carbocycles. The van der Waals surface area contributed by atoms with E-state index >= 15 is 0 Å². The van der Waals surface area contributed by atoms with Crippen LogP contribution < -0.4 is 5.32 Å². The van der Waals surface area contributed by atoms with Gasteiger partial charge in [-0.1, -0.05) is 12.8 Å². The van der Waals surface area contributed by atoms with E-state index in [9.17, 15) is 18.0 Å². The van der Waals surface area contributed by atoms with E-state index in [1.807, 2.05) is 0 Å². The molecule has 1 N–H and O–H groups in total. The van der Waals surface area contributed by atoms with Crippen molar-refractivity contribution in [3.8, 4) is 0 Å². The minimum absolute atomic E-state index is 0.222. The zero-order valence-electron chi connectivity index (χ0n) is 16.3. The van der Waals surface area contributed by atoms with E-state index in [2.05, 4.69) is 10.1 Å². The fourth-order valence-electron chi connectivity index (χ4n) is 3.22. The first kappa shape index (κ1) is 21.0. The summed E-state index contributed by atoms with van der Waals surface area (Å²) < 4.78 is 31.8. The van der Waals surface area contributed by atoms with Crippen molar-refractivity contribution in [2.75, 3.05) is 25.5 Å². The van der Waals surface area contributed by atoms with Gasteiger partial charge in [0.25, 0.3) is 5.91 Å². The Kier molecular flexibility index (Phi) is 6.66. The molecule has 0 spiro atoms. The van der Waals surface area contributed by atoms with Gasteiger partial charge in [0.05, 0.1) is 17.6 Å². The molecule has 154 valence electrons. The van der Waals surface area contributed by atoms with E-state index in [0.29, 0.717) is 29.9 Å². The lowest BCUT2D eigenvalue weighted by Gasteiger charge is -2.20. The summed E-state index contributed by atoms with van der Waals surface area (Å²) in [5.74, 6) is -0.831. The largest absolute Gasteiger partial charge is 0.465 e. The quantitative estimate of drug-likeness (QED) is 0.755. The first-order chi connectivity index (χ1) is 13.9. The number of ether oxygens (including phenoxy) is 1. The maximum absolute atomic E-state index is 12.8. The van der Waals surface area contributed by atoms with Gasteiger partial charge in [-0.3, -0.25) is 4.79 Å². The van der Waals surface area contributed by atoms with Crippen molar-refractivity contribution in [2.45, 2.75) is 30.6 Å². The van der Waals surface area contributed by atoms with Gasteiger partial charge in [0.1, 0.15) is 0 Å². The van der Waals surface area contributed by atoms with Gasteiger partial charge in [-0.15, -0.1) is 0 Å². The highest BCUT2D eigenvalue weighted by Crippen LogP contribution is 2.22. The van der Waals surface area contributed by atoms with Crippen LogP contribution >= 0.6 is 0 Å². The molecule has 1 fully saturated rings. The molecule has 0 atom stereocenters. The fourth-order valence-corrected chi connectivity index (χ4v) is 4.74. The van der Waals surface area contributed by atoms with Crippen molar-refractivity contribution in [1.82, 2.24) is 4.31 Å². The average molecular weight is 416 g/mol. The molecular formula is C21H24N2O5S. The van der Waals surface area contributed by atoms with Crippen LogP contribution in [0, 0.1) is 0 Å². The number of carbonyl (C=O) groups is 2. The standard InChI is InChI=1S/C21H24N2O5S/c1-28-21(25)17-8-6-16(7-9-17)20(24)22-18-10-12-19(13-11-18)29(26,27)23-14-4-2-3-5-15-23/h6-13H,2-5,14-15H2,1H3,(H,22,24). The minimum Gasteiger partial charge on any atom is -0.465 e. The second-order valence-electron chi connectivity index (χ2n) is 6.87. The summed E-state index contributed by atoms with van der Waals surface area (Å²) >= 11 is 0. The number of hydrogen-bond donors (Lipinski definition) is 1. The van der Waals surface area contributed by atoms with E-state index < -0.39 is 16.0 Å². The molecule has 1 amide bonds. The van der Waals surface area contributed by atoms with Crippen LogP contribution in [0.15, 0.2) is 53.4 Å². The number of anilines is 1. The summed E-state index contributed by atoms with van der Waals surface area (Å²) in [6.07, 6.45) is 3.86. The lowest BCUT2D eigenvalue weighted by Crippen LogP contribution is -2.31. The third kappa shape index (κ3) is 5.02. The molecule has 1 aliphatic rings. The van der Waals surface area contributed by atoms with Crippen molar-refractivity contribution in [3.05, 3.63) is 59.7 Å². The number of carbonyl (C=O) groups excluding carboxylic acids is 2. The summed E-state index contributed by atoms with van der Waals surface area (Å²) in [6.45, 7) is 1.09. The van der Waals surface area contributed by atoms with Crippen molar-refractivity contribution >= 4 is 27.6 Å². The van der Waals surface area contributed by atoms with E-state index in [0.717, 1.165) is 25.7 Å². The summed E-state index contributed by atoms with van der Waals surface area (Å²) in [5, 5.41) is 2.73. The van der Waals surface area contributed by atoms with Crippen molar-refractivity contribution in [1.29, 1.82) is 0 Å². The number of methoxy groups -OCH3 is 1. The topological polar surface area (TPSA) is 92.8 Å². The third-order valence-corrected chi connectivity index (χ3v) is 6.80. The molecule has 1 aliphatic heterocycles. The van der Waals surface area contributed by atoms with Crippen LogP contribution in [-0.4, -0.2) is 44.8 Å². The SMILES string of the molecule is COC(=O)c1ccc(C(=O)Nc2ccc(S(=O)(=O)N3CCCCCC3)cc2)cc1. The van der Waals surface area contributed by atoms with Gasteiger partial charge in [-0.2, -0.15) is 4.31 Å².